The fraction of sp³-hybridized carbons (Fsp3) is 0.625. The van der Waals surface area contributed by atoms with Gasteiger partial charge in [-0.15, -0.1) is 0 Å². The van der Waals surface area contributed by atoms with Crippen LogP contribution < -0.4 is 14.8 Å². The molecule has 114 valence electrons. The average molecular weight is 344 g/mol. The summed E-state index contributed by atoms with van der Waals surface area (Å²) < 4.78 is 12.3. The van der Waals surface area contributed by atoms with Crippen molar-refractivity contribution in [3.63, 3.8) is 0 Å². The summed E-state index contributed by atoms with van der Waals surface area (Å²) in [7, 11) is 1.68. The van der Waals surface area contributed by atoms with Crippen molar-refractivity contribution in [2.24, 2.45) is 5.92 Å². The Kier molecular flexibility index (Phi) is 7.38. The zero-order chi connectivity index (χ0) is 15.1. The van der Waals surface area contributed by atoms with Crippen LogP contribution in [0.3, 0.4) is 0 Å². The largest absolute Gasteiger partial charge is 0.493 e. The van der Waals surface area contributed by atoms with Gasteiger partial charge in [-0.2, -0.15) is 0 Å². The molecule has 1 atom stereocenters. The summed E-state index contributed by atoms with van der Waals surface area (Å²) in [6.07, 6.45) is 1.11. The molecule has 0 saturated heterocycles. The fourth-order valence-corrected chi connectivity index (χ4v) is 2.28. The Balaban J connectivity index is 2.84. The fourth-order valence-electron chi connectivity index (χ4n) is 1.68. The van der Waals surface area contributed by atoms with Gasteiger partial charge < -0.3 is 14.8 Å². The quantitative estimate of drug-likeness (QED) is 0.759. The van der Waals surface area contributed by atoms with Gasteiger partial charge in [0.2, 0.25) is 0 Å². The zero-order valence-corrected chi connectivity index (χ0v) is 14.7. The lowest BCUT2D eigenvalue weighted by atomic mass is 10.1. The molecule has 20 heavy (non-hydrogen) atoms. The third kappa shape index (κ3) is 5.33. The van der Waals surface area contributed by atoms with Crippen LogP contribution in [-0.2, 0) is 6.54 Å². The third-order valence-electron chi connectivity index (χ3n) is 3.21. The van der Waals surface area contributed by atoms with E-state index in [1.165, 1.54) is 5.56 Å². The second-order valence-corrected chi connectivity index (χ2v) is 6.32. The van der Waals surface area contributed by atoms with E-state index < -0.39 is 0 Å². The first-order valence-corrected chi connectivity index (χ1v) is 7.99. The van der Waals surface area contributed by atoms with Gasteiger partial charge in [0.05, 0.1) is 18.2 Å². The molecule has 1 aromatic carbocycles. The number of halogens is 1. The van der Waals surface area contributed by atoms with E-state index in [9.17, 15) is 0 Å². The molecule has 0 fully saturated rings. The lowest BCUT2D eigenvalue weighted by Gasteiger charge is -2.17. The summed E-state index contributed by atoms with van der Waals surface area (Å²) in [5, 5.41) is 3.40. The van der Waals surface area contributed by atoms with Crippen LogP contribution in [0.25, 0.3) is 0 Å². The predicted octanol–water partition coefficient (Wildman–Crippen LogP) is 4.38. The summed E-state index contributed by atoms with van der Waals surface area (Å²) in [6.45, 7) is 10.1. The van der Waals surface area contributed by atoms with E-state index in [1.807, 2.05) is 6.07 Å². The van der Waals surface area contributed by atoms with Crippen LogP contribution >= 0.6 is 15.9 Å². The van der Waals surface area contributed by atoms with Crippen molar-refractivity contribution in [1.29, 1.82) is 0 Å². The minimum absolute atomic E-state index is 0.459. The zero-order valence-electron chi connectivity index (χ0n) is 13.1. The highest BCUT2D eigenvalue weighted by Gasteiger charge is 2.13. The Hall–Kier alpha value is -0.740. The molecule has 4 heteroatoms. The highest BCUT2D eigenvalue weighted by atomic mass is 79.9. The number of benzene rings is 1. The van der Waals surface area contributed by atoms with E-state index in [0.717, 1.165) is 28.9 Å². The number of rotatable bonds is 8. The summed E-state index contributed by atoms with van der Waals surface area (Å²) in [5.41, 5.74) is 1.18. The van der Waals surface area contributed by atoms with Gasteiger partial charge in [0, 0.05) is 12.6 Å². The molecule has 3 nitrogen and oxygen atoms in total. The molecule has 0 aliphatic rings. The molecule has 1 aromatic rings. The normalized spacial score (nSPS) is 12.6. The molecular weight excluding hydrogens is 318 g/mol. The van der Waals surface area contributed by atoms with Crippen LogP contribution in [0.2, 0.25) is 0 Å². The third-order valence-corrected chi connectivity index (χ3v) is 3.80. The van der Waals surface area contributed by atoms with Crippen molar-refractivity contribution in [3.8, 4) is 11.5 Å². The van der Waals surface area contributed by atoms with Gasteiger partial charge in [-0.3, -0.25) is 0 Å². The number of hydrogen-bond donors (Lipinski definition) is 1. The molecular formula is C16H26BrNO2. The Morgan fingerprint density at radius 1 is 1.25 bits per heavy atom. The monoisotopic (exact) mass is 343 g/mol. The maximum Gasteiger partial charge on any atom is 0.175 e. The van der Waals surface area contributed by atoms with Gasteiger partial charge in [-0.1, -0.05) is 34.1 Å². The van der Waals surface area contributed by atoms with Gasteiger partial charge >= 0.3 is 0 Å². The topological polar surface area (TPSA) is 30.5 Å². The Morgan fingerprint density at radius 2 is 1.95 bits per heavy atom. The predicted molar refractivity (Wildman–Crippen MR) is 87.6 cm³/mol. The lowest BCUT2D eigenvalue weighted by molar-refractivity contribution is 0.243. The van der Waals surface area contributed by atoms with E-state index >= 15 is 0 Å². The minimum Gasteiger partial charge on any atom is -0.493 e. The van der Waals surface area contributed by atoms with E-state index in [4.69, 9.17) is 9.47 Å². The first kappa shape index (κ1) is 17.3. The van der Waals surface area contributed by atoms with Gasteiger partial charge in [0.1, 0.15) is 0 Å². The van der Waals surface area contributed by atoms with Crippen molar-refractivity contribution in [1.82, 2.24) is 5.32 Å². The molecule has 0 aliphatic carbocycles. The molecule has 1 rings (SSSR count). The van der Waals surface area contributed by atoms with Crippen LogP contribution in [0.5, 0.6) is 11.5 Å². The standard InChI is InChI=1S/C16H26BrNO2/c1-6-12(4)10-20-16-14(17)7-13(8-15(16)19-5)9-18-11(2)3/h7-8,11-12,18H,6,9-10H2,1-5H3. The van der Waals surface area contributed by atoms with Crippen LogP contribution in [0.15, 0.2) is 16.6 Å². The summed E-state index contributed by atoms with van der Waals surface area (Å²) in [4.78, 5) is 0. The molecule has 0 amide bonds. The second-order valence-electron chi connectivity index (χ2n) is 5.47. The van der Waals surface area contributed by atoms with E-state index in [1.54, 1.807) is 7.11 Å². The number of methoxy groups -OCH3 is 1. The van der Waals surface area contributed by atoms with Crippen molar-refractivity contribution < 1.29 is 9.47 Å². The maximum atomic E-state index is 5.90. The summed E-state index contributed by atoms with van der Waals surface area (Å²) in [5.74, 6) is 2.11. The van der Waals surface area contributed by atoms with Crippen LogP contribution in [-0.4, -0.2) is 19.8 Å². The van der Waals surface area contributed by atoms with Crippen molar-refractivity contribution in [3.05, 3.63) is 22.2 Å². The molecule has 1 N–H and O–H groups in total. The molecule has 0 saturated carbocycles. The van der Waals surface area contributed by atoms with Crippen molar-refractivity contribution in [2.45, 2.75) is 46.7 Å². The average Bonchev–Trinajstić information content (AvgIpc) is 2.42. The van der Waals surface area contributed by atoms with Crippen molar-refractivity contribution >= 4 is 15.9 Å². The van der Waals surface area contributed by atoms with Crippen LogP contribution in [0.4, 0.5) is 0 Å². The first-order valence-electron chi connectivity index (χ1n) is 7.20. The number of ether oxygens (including phenoxy) is 2. The molecule has 0 aromatic heterocycles. The van der Waals surface area contributed by atoms with Crippen LogP contribution in [0, 0.1) is 5.92 Å². The number of nitrogens with one attached hydrogen (secondary N) is 1. The Bertz CT molecular complexity index is 421. The molecule has 0 bridgehead atoms. The second kappa shape index (κ2) is 8.53. The maximum absolute atomic E-state index is 5.90. The highest BCUT2D eigenvalue weighted by molar-refractivity contribution is 9.10. The molecule has 1 unspecified atom stereocenters. The number of hydrogen-bond acceptors (Lipinski definition) is 3. The molecule has 0 spiro atoms. The van der Waals surface area contributed by atoms with Gasteiger partial charge in [0.25, 0.3) is 0 Å². The molecule has 0 radical (unpaired) electrons. The smallest absolute Gasteiger partial charge is 0.175 e. The van der Waals surface area contributed by atoms with E-state index in [-0.39, 0.29) is 0 Å². The molecule has 0 heterocycles. The van der Waals surface area contributed by atoms with E-state index in [2.05, 4.69) is 55.0 Å². The van der Waals surface area contributed by atoms with Crippen molar-refractivity contribution in [2.75, 3.05) is 13.7 Å². The van der Waals surface area contributed by atoms with Crippen LogP contribution in [0.1, 0.15) is 39.7 Å². The molecule has 0 aliphatic heterocycles. The SMILES string of the molecule is CCC(C)COc1c(Br)cc(CNC(C)C)cc1OC. The Labute approximate surface area is 131 Å². The van der Waals surface area contributed by atoms with Gasteiger partial charge in [-0.05, 0) is 39.5 Å². The first-order chi connectivity index (χ1) is 9.47. The minimum atomic E-state index is 0.459. The summed E-state index contributed by atoms with van der Waals surface area (Å²) in [6, 6.07) is 4.58. The summed E-state index contributed by atoms with van der Waals surface area (Å²) >= 11 is 3.59. The highest BCUT2D eigenvalue weighted by Crippen LogP contribution is 2.37. The van der Waals surface area contributed by atoms with Gasteiger partial charge in [-0.25, -0.2) is 0 Å². The van der Waals surface area contributed by atoms with Gasteiger partial charge in [0.15, 0.2) is 11.5 Å². The van der Waals surface area contributed by atoms with E-state index in [0.29, 0.717) is 18.6 Å². The lowest BCUT2D eigenvalue weighted by Crippen LogP contribution is -2.21. The Morgan fingerprint density at radius 3 is 2.50 bits per heavy atom.